The molecule has 2 aromatic carbocycles. The molecule has 0 aromatic heterocycles. The summed E-state index contributed by atoms with van der Waals surface area (Å²) in [6, 6.07) is 19.6. The van der Waals surface area contributed by atoms with E-state index in [0.717, 1.165) is 11.1 Å². The average Bonchev–Trinajstić information content (AvgIpc) is 3.43. The lowest BCUT2D eigenvalue weighted by atomic mass is 10.0. The van der Waals surface area contributed by atoms with Crippen molar-refractivity contribution in [2.24, 2.45) is 11.8 Å². The second-order valence-corrected chi connectivity index (χ2v) is 7.61. The van der Waals surface area contributed by atoms with Crippen molar-refractivity contribution in [3.63, 3.8) is 0 Å². The van der Waals surface area contributed by atoms with Gasteiger partial charge < -0.3 is 10.1 Å². The number of rotatable bonds is 7. The maximum Gasteiger partial charge on any atom is 0.328 e. The van der Waals surface area contributed by atoms with Gasteiger partial charge in [-0.05, 0) is 23.5 Å². The quantitative estimate of drug-likeness (QED) is 0.758. The number of hydrogen-bond acceptors (Lipinski definition) is 3. The molecule has 1 fully saturated rings. The van der Waals surface area contributed by atoms with Gasteiger partial charge in [-0.2, -0.15) is 0 Å². The SMILES string of the molecule is COC(=O)[C@H](CC(C)C)NC(=O)C1[C@H](c2ccccc2)[C@H]1c1ccccc1. The third-order valence-electron chi connectivity index (χ3n) is 5.20. The molecule has 4 heteroatoms. The molecular formula is C23H27NO3. The molecule has 0 heterocycles. The average molecular weight is 365 g/mol. The summed E-state index contributed by atoms with van der Waals surface area (Å²) in [6.07, 6.45) is 0.567. The number of ether oxygens (including phenoxy) is 1. The van der Waals surface area contributed by atoms with Crippen molar-refractivity contribution in [1.29, 1.82) is 0 Å². The van der Waals surface area contributed by atoms with E-state index in [2.05, 4.69) is 29.6 Å². The summed E-state index contributed by atoms with van der Waals surface area (Å²) in [7, 11) is 1.36. The number of amides is 1. The molecular weight excluding hydrogens is 338 g/mol. The molecule has 0 spiro atoms. The van der Waals surface area contributed by atoms with Crippen LogP contribution in [-0.2, 0) is 14.3 Å². The van der Waals surface area contributed by atoms with E-state index in [0.29, 0.717) is 6.42 Å². The van der Waals surface area contributed by atoms with E-state index in [-0.39, 0.29) is 35.5 Å². The summed E-state index contributed by atoms with van der Waals surface area (Å²) in [5.74, 6) is -0.0894. The van der Waals surface area contributed by atoms with Crippen molar-refractivity contribution in [1.82, 2.24) is 5.32 Å². The second kappa shape index (κ2) is 8.38. The van der Waals surface area contributed by atoms with Gasteiger partial charge in [-0.3, -0.25) is 4.79 Å². The van der Waals surface area contributed by atoms with E-state index >= 15 is 0 Å². The van der Waals surface area contributed by atoms with Gasteiger partial charge in [0.15, 0.2) is 0 Å². The highest BCUT2D eigenvalue weighted by atomic mass is 16.5. The summed E-state index contributed by atoms with van der Waals surface area (Å²) in [5.41, 5.74) is 2.31. The Morgan fingerprint density at radius 1 is 0.926 bits per heavy atom. The first-order chi connectivity index (χ1) is 13.0. The number of hydrogen-bond donors (Lipinski definition) is 1. The number of nitrogens with one attached hydrogen (secondary N) is 1. The Hall–Kier alpha value is -2.62. The summed E-state index contributed by atoms with van der Waals surface area (Å²) in [4.78, 5) is 25.2. The third-order valence-corrected chi connectivity index (χ3v) is 5.20. The molecule has 0 saturated heterocycles. The van der Waals surface area contributed by atoms with E-state index in [4.69, 9.17) is 4.74 Å². The van der Waals surface area contributed by atoms with Gasteiger partial charge in [-0.1, -0.05) is 74.5 Å². The maximum absolute atomic E-state index is 13.1. The fourth-order valence-electron chi connectivity index (χ4n) is 3.91. The molecule has 0 radical (unpaired) electrons. The van der Waals surface area contributed by atoms with Gasteiger partial charge in [0.25, 0.3) is 0 Å². The first-order valence-electron chi connectivity index (χ1n) is 9.51. The van der Waals surface area contributed by atoms with Crippen LogP contribution in [0, 0.1) is 11.8 Å². The first kappa shape index (κ1) is 19.2. The highest BCUT2D eigenvalue weighted by Gasteiger charge is 2.56. The fraction of sp³-hybridized carbons (Fsp3) is 0.391. The molecule has 0 bridgehead atoms. The Balaban J connectivity index is 1.81. The lowest BCUT2D eigenvalue weighted by molar-refractivity contribution is -0.145. The predicted molar refractivity (Wildman–Crippen MR) is 105 cm³/mol. The van der Waals surface area contributed by atoms with Crippen LogP contribution >= 0.6 is 0 Å². The summed E-state index contributed by atoms with van der Waals surface area (Å²) < 4.78 is 4.88. The van der Waals surface area contributed by atoms with Gasteiger partial charge in [0.2, 0.25) is 5.91 Å². The molecule has 1 aliphatic carbocycles. The van der Waals surface area contributed by atoms with Crippen molar-refractivity contribution < 1.29 is 14.3 Å². The minimum absolute atomic E-state index is 0.0752. The molecule has 1 aliphatic rings. The predicted octanol–water partition coefficient (Wildman–Crippen LogP) is 3.89. The molecule has 1 N–H and O–H groups in total. The highest BCUT2D eigenvalue weighted by molar-refractivity contribution is 5.89. The molecule has 2 aromatic rings. The van der Waals surface area contributed by atoms with Gasteiger partial charge in [0, 0.05) is 11.8 Å². The zero-order valence-electron chi connectivity index (χ0n) is 16.1. The monoisotopic (exact) mass is 365 g/mol. The number of carbonyl (C=O) groups is 2. The smallest absolute Gasteiger partial charge is 0.328 e. The van der Waals surface area contributed by atoms with E-state index in [1.807, 2.05) is 50.2 Å². The Labute approximate surface area is 160 Å². The maximum atomic E-state index is 13.1. The molecule has 4 nitrogen and oxygen atoms in total. The number of esters is 1. The first-order valence-corrected chi connectivity index (χ1v) is 9.51. The van der Waals surface area contributed by atoms with E-state index in [9.17, 15) is 9.59 Å². The zero-order valence-corrected chi connectivity index (χ0v) is 16.1. The van der Waals surface area contributed by atoms with E-state index in [1.54, 1.807) is 0 Å². The van der Waals surface area contributed by atoms with Crippen LogP contribution in [0.25, 0.3) is 0 Å². The largest absolute Gasteiger partial charge is 0.467 e. The van der Waals surface area contributed by atoms with E-state index < -0.39 is 6.04 Å². The van der Waals surface area contributed by atoms with Gasteiger partial charge >= 0.3 is 5.97 Å². The summed E-state index contributed by atoms with van der Waals surface area (Å²) >= 11 is 0. The van der Waals surface area contributed by atoms with Crippen molar-refractivity contribution >= 4 is 11.9 Å². The molecule has 1 saturated carbocycles. The molecule has 0 unspecified atom stereocenters. The number of carbonyl (C=O) groups excluding carboxylic acids is 2. The van der Waals surface area contributed by atoms with Crippen LogP contribution in [0.2, 0.25) is 0 Å². The normalized spacial score (nSPS) is 22.1. The number of benzene rings is 2. The van der Waals surface area contributed by atoms with Crippen molar-refractivity contribution in [3.05, 3.63) is 71.8 Å². The van der Waals surface area contributed by atoms with Crippen molar-refractivity contribution in [2.75, 3.05) is 7.11 Å². The molecule has 3 rings (SSSR count). The van der Waals surface area contributed by atoms with E-state index in [1.165, 1.54) is 7.11 Å². The lowest BCUT2D eigenvalue weighted by Gasteiger charge is -2.18. The van der Waals surface area contributed by atoms with Crippen LogP contribution in [-0.4, -0.2) is 25.0 Å². The Bertz CT molecular complexity index is 727. The minimum atomic E-state index is -0.601. The topological polar surface area (TPSA) is 55.4 Å². The molecule has 1 amide bonds. The molecule has 3 atom stereocenters. The number of methoxy groups -OCH3 is 1. The van der Waals surface area contributed by atoms with Gasteiger partial charge in [0.1, 0.15) is 6.04 Å². The van der Waals surface area contributed by atoms with Gasteiger partial charge in [0.05, 0.1) is 13.0 Å². The molecule has 142 valence electrons. The molecule has 27 heavy (non-hydrogen) atoms. The Morgan fingerprint density at radius 2 is 1.41 bits per heavy atom. The van der Waals surface area contributed by atoms with Crippen LogP contribution in [0.5, 0.6) is 0 Å². The Kier molecular flexibility index (Phi) is 5.94. The fourth-order valence-corrected chi connectivity index (χ4v) is 3.91. The lowest BCUT2D eigenvalue weighted by Crippen LogP contribution is -2.43. The summed E-state index contributed by atoms with van der Waals surface area (Å²) in [6.45, 7) is 4.05. The third kappa shape index (κ3) is 4.38. The van der Waals surface area contributed by atoms with Crippen LogP contribution in [0.3, 0.4) is 0 Å². The van der Waals surface area contributed by atoms with Crippen LogP contribution in [0.4, 0.5) is 0 Å². The summed E-state index contributed by atoms with van der Waals surface area (Å²) in [5, 5.41) is 2.95. The van der Waals surface area contributed by atoms with Crippen molar-refractivity contribution in [3.8, 4) is 0 Å². The van der Waals surface area contributed by atoms with Gasteiger partial charge in [-0.15, -0.1) is 0 Å². The van der Waals surface area contributed by atoms with Crippen LogP contribution < -0.4 is 5.32 Å². The highest BCUT2D eigenvalue weighted by Crippen LogP contribution is 2.60. The van der Waals surface area contributed by atoms with Gasteiger partial charge in [-0.25, -0.2) is 4.79 Å². The minimum Gasteiger partial charge on any atom is -0.467 e. The Morgan fingerprint density at radius 3 is 1.81 bits per heavy atom. The zero-order chi connectivity index (χ0) is 19.4. The standard InChI is InChI=1S/C23H27NO3/c1-15(2)14-18(23(26)27-3)24-22(25)21-19(16-10-6-4-7-11-16)20(21)17-12-8-5-9-13-17/h4-13,15,18-21H,14H2,1-3H3,(H,24,25)/t18-,19+,20+/m0/s1. The van der Waals surface area contributed by atoms with Crippen molar-refractivity contribution in [2.45, 2.75) is 38.1 Å². The molecule has 0 aliphatic heterocycles. The van der Waals surface area contributed by atoms with Crippen LogP contribution in [0.15, 0.2) is 60.7 Å². The second-order valence-electron chi connectivity index (χ2n) is 7.61. The van der Waals surface area contributed by atoms with Crippen LogP contribution in [0.1, 0.15) is 43.2 Å².